The fraction of sp³-hybridized carbons (Fsp3) is 0.364. The number of aryl methyl sites for hydroxylation is 2. The van der Waals surface area contributed by atoms with Crippen molar-refractivity contribution in [1.82, 2.24) is 9.55 Å². The highest BCUT2D eigenvalue weighted by Gasteiger charge is 2.13. The van der Waals surface area contributed by atoms with E-state index in [4.69, 9.17) is 0 Å². The van der Waals surface area contributed by atoms with Gasteiger partial charge < -0.3 is 4.98 Å². The Morgan fingerprint density at radius 1 is 1.47 bits per heavy atom. The lowest BCUT2D eigenvalue weighted by Gasteiger charge is -2.11. The van der Waals surface area contributed by atoms with E-state index in [9.17, 15) is 4.79 Å². The van der Waals surface area contributed by atoms with Gasteiger partial charge in [0.05, 0.1) is 6.04 Å². The van der Waals surface area contributed by atoms with Crippen LogP contribution in [0.15, 0.2) is 23.3 Å². The number of imidazole rings is 1. The Labute approximate surface area is 92.4 Å². The molecule has 1 atom stereocenters. The van der Waals surface area contributed by atoms with Gasteiger partial charge in [-0.25, -0.2) is 4.79 Å². The molecule has 0 saturated carbocycles. The highest BCUT2D eigenvalue weighted by molar-refractivity contribution is 7.12. The van der Waals surface area contributed by atoms with Gasteiger partial charge in [0.15, 0.2) is 0 Å². The number of aromatic nitrogens is 2. The van der Waals surface area contributed by atoms with Crippen LogP contribution in [0, 0.1) is 13.8 Å². The molecule has 0 aromatic carbocycles. The molecule has 80 valence electrons. The molecule has 0 aliphatic heterocycles. The molecule has 0 amide bonds. The molecule has 3 nitrogen and oxygen atoms in total. The lowest BCUT2D eigenvalue weighted by Crippen LogP contribution is -2.20. The summed E-state index contributed by atoms with van der Waals surface area (Å²) < 4.78 is 1.72. The Balaban J connectivity index is 2.45. The first-order valence-electron chi connectivity index (χ1n) is 4.92. The van der Waals surface area contributed by atoms with Crippen LogP contribution in [0.1, 0.15) is 28.3 Å². The molecular weight excluding hydrogens is 208 g/mol. The van der Waals surface area contributed by atoms with Gasteiger partial charge in [0.25, 0.3) is 0 Å². The largest absolute Gasteiger partial charge is 0.326 e. The van der Waals surface area contributed by atoms with Crippen LogP contribution in [0.4, 0.5) is 0 Å². The van der Waals surface area contributed by atoms with Gasteiger partial charge in [-0.3, -0.25) is 4.57 Å². The summed E-state index contributed by atoms with van der Waals surface area (Å²) in [5.74, 6) is 0. The summed E-state index contributed by atoms with van der Waals surface area (Å²) in [5.41, 5.74) is 1.19. The van der Waals surface area contributed by atoms with Crippen molar-refractivity contribution in [3.05, 3.63) is 44.3 Å². The van der Waals surface area contributed by atoms with Crippen molar-refractivity contribution in [2.75, 3.05) is 0 Å². The van der Waals surface area contributed by atoms with Crippen LogP contribution in [-0.2, 0) is 0 Å². The Morgan fingerprint density at radius 2 is 2.20 bits per heavy atom. The summed E-state index contributed by atoms with van der Waals surface area (Å²) >= 11 is 1.78. The maximum absolute atomic E-state index is 11.5. The van der Waals surface area contributed by atoms with Crippen LogP contribution in [-0.4, -0.2) is 9.55 Å². The third-order valence-corrected chi connectivity index (χ3v) is 3.60. The summed E-state index contributed by atoms with van der Waals surface area (Å²) in [4.78, 5) is 16.7. The van der Waals surface area contributed by atoms with Crippen molar-refractivity contribution < 1.29 is 0 Å². The number of nitrogens with one attached hydrogen (secondary N) is 1. The standard InChI is InChI=1S/C11H14N2OS/c1-7-6-10(9(3)15-7)8(2)13-5-4-12-11(13)14/h4-6,8H,1-3H3,(H,12,14). The van der Waals surface area contributed by atoms with Gasteiger partial charge in [-0.1, -0.05) is 0 Å². The molecule has 0 fully saturated rings. The molecule has 0 radical (unpaired) electrons. The minimum Gasteiger partial charge on any atom is -0.313 e. The first kappa shape index (κ1) is 10.2. The highest BCUT2D eigenvalue weighted by Crippen LogP contribution is 2.27. The van der Waals surface area contributed by atoms with Gasteiger partial charge in [-0.05, 0) is 32.4 Å². The second-order valence-corrected chi connectivity index (χ2v) is 5.18. The van der Waals surface area contributed by atoms with Crippen LogP contribution >= 0.6 is 11.3 Å². The summed E-state index contributed by atoms with van der Waals surface area (Å²) in [6.45, 7) is 6.23. The average molecular weight is 222 g/mol. The lowest BCUT2D eigenvalue weighted by molar-refractivity contribution is 0.616. The number of nitrogens with zero attached hydrogens (tertiary/aromatic N) is 1. The van der Waals surface area contributed by atoms with Crippen molar-refractivity contribution in [1.29, 1.82) is 0 Å². The van der Waals surface area contributed by atoms with Crippen LogP contribution < -0.4 is 5.69 Å². The van der Waals surface area contributed by atoms with Crippen LogP contribution in [0.2, 0.25) is 0 Å². The van der Waals surface area contributed by atoms with E-state index < -0.39 is 0 Å². The van der Waals surface area contributed by atoms with Crippen molar-refractivity contribution in [3.63, 3.8) is 0 Å². The number of thiophene rings is 1. The van der Waals surface area contributed by atoms with Crippen molar-refractivity contribution >= 4 is 11.3 Å². The number of hydrogen-bond donors (Lipinski definition) is 1. The maximum Gasteiger partial charge on any atom is 0.326 e. The third kappa shape index (κ3) is 1.77. The van der Waals surface area contributed by atoms with Crippen LogP contribution in [0.25, 0.3) is 0 Å². The fourth-order valence-corrected chi connectivity index (χ4v) is 2.87. The number of H-pyrrole nitrogens is 1. The molecule has 15 heavy (non-hydrogen) atoms. The monoisotopic (exact) mass is 222 g/mol. The predicted molar refractivity (Wildman–Crippen MR) is 62.7 cm³/mol. The average Bonchev–Trinajstić information content (AvgIpc) is 2.71. The first-order chi connectivity index (χ1) is 7.09. The summed E-state index contributed by atoms with van der Waals surface area (Å²) in [5, 5.41) is 0. The predicted octanol–water partition coefficient (Wildman–Crippen LogP) is 2.46. The van der Waals surface area contributed by atoms with Gasteiger partial charge in [0.2, 0.25) is 0 Å². The zero-order valence-corrected chi connectivity index (χ0v) is 9.89. The molecule has 2 heterocycles. The van der Waals surface area contributed by atoms with Gasteiger partial charge in [0, 0.05) is 22.1 Å². The molecule has 0 aliphatic carbocycles. The second-order valence-electron chi connectivity index (χ2n) is 3.72. The smallest absolute Gasteiger partial charge is 0.313 e. The number of hydrogen-bond acceptors (Lipinski definition) is 2. The molecule has 2 rings (SSSR count). The molecule has 4 heteroatoms. The minimum absolute atomic E-state index is 0.0502. The molecule has 1 unspecified atom stereocenters. The van der Waals surface area contributed by atoms with E-state index in [2.05, 4.69) is 24.9 Å². The van der Waals surface area contributed by atoms with E-state index in [0.29, 0.717) is 0 Å². The van der Waals surface area contributed by atoms with Gasteiger partial charge in [-0.15, -0.1) is 11.3 Å². The molecule has 2 aromatic rings. The maximum atomic E-state index is 11.5. The van der Waals surface area contributed by atoms with Crippen LogP contribution in [0.5, 0.6) is 0 Å². The van der Waals surface area contributed by atoms with Gasteiger partial charge in [-0.2, -0.15) is 0 Å². The van der Waals surface area contributed by atoms with Crippen molar-refractivity contribution in [3.8, 4) is 0 Å². The highest BCUT2D eigenvalue weighted by atomic mass is 32.1. The number of aromatic amines is 1. The van der Waals surface area contributed by atoms with Gasteiger partial charge >= 0.3 is 5.69 Å². The van der Waals surface area contributed by atoms with Crippen LogP contribution in [0.3, 0.4) is 0 Å². The first-order valence-corrected chi connectivity index (χ1v) is 5.73. The lowest BCUT2D eigenvalue weighted by atomic mass is 10.1. The summed E-state index contributed by atoms with van der Waals surface area (Å²) in [6.07, 6.45) is 3.47. The second kappa shape index (κ2) is 3.70. The zero-order valence-electron chi connectivity index (χ0n) is 9.07. The molecule has 0 bridgehead atoms. The summed E-state index contributed by atoms with van der Waals surface area (Å²) in [7, 11) is 0. The van der Waals surface area contributed by atoms with E-state index in [1.165, 1.54) is 15.3 Å². The van der Waals surface area contributed by atoms with Crippen molar-refractivity contribution in [2.45, 2.75) is 26.8 Å². The Kier molecular flexibility index (Phi) is 2.52. The van der Waals surface area contributed by atoms with E-state index >= 15 is 0 Å². The van der Waals surface area contributed by atoms with Crippen molar-refractivity contribution in [2.24, 2.45) is 0 Å². The van der Waals surface area contributed by atoms with Gasteiger partial charge in [0.1, 0.15) is 0 Å². The minimum atomic E-state index is -0.0502. The molecule has 1 N–H and O–H groups in total. The Bertz CT molecular complexity index is 521. The normalized spacial score (nSPS) is 13.0. The molecule has 0 spiro atoms. The van der Waals surface area contributed by atoms with E-state index in [-0.39, 0.29) is 11.7 Å². The Hall–Kier alpha value is -1.29. The van der Waals surface area contributed by atoms with E-state index in [0.717, 1.165) is 0 Å². The molecule has 2 aromatic heterocycles. The molecule has 0 saturated heterocycles. The van der Waals surface area contributed by atoms with E-state index in [1.54, 1.807) is 28.3 Å². The SMILES string of the molecule is Cc1cc(C(C)n2cc[nH]c2=O)c(C)s1. The fourth-order valence-electron chi connectivity index (χ4n) is 1.85. The molecular formula is C11H14N2OS. The summed E-state index contributed by atoms with van der Waals surface area (Å²) in [6, 6.07) is 2.26. The Morgan fingerprint density at radius 3 is 2.67 bits per heavy atom. The molecule has 0 aliphatic rings. The zero-order chi connectivity index (χ0) is 11.0. The topological polar surface area (TPSA) is 37.8 Å². The third-order valence-electron chi connectivity index (χ3n) is 2.62. The quantitative estimate of drug-likeness (QED) is 0.832. The van der Waals surface area contributed by atoms with E-state index in [1.807, 2.05) is 6.92 Å². The number of rotatable bonds is 2.